The number of carbonyl (C=O) groups excluding carboxylic acids is 1. The van der Waals surface area contributed by atoms with Crippen LogP contribution in [0.3, 0.4) is 0 Å². The number of halogens is 2. The number of amides is 1. The molecule has 4 aromatic rings. The molecule has 188 valence electrons. The topological polar surface area (TPSA) is 104 Å². The number of anilines is 1. The van der Waals surface area contributed by atoms with Crippen molar-refractivity contribution in [2.75, 3.05) is 31.1 Å². The number of nitrogens with zero attached hydrogens (tertiary/aromatic N) is 6. The average molecular weight is 537 g/mol. The summed E-state index contributed by atoms with van der Waals surface area (Å²) in [7, 11) is 0. The zero-order valence-corrected chi connectivity index (χ0v) is 21.1. The maximum atomic E-state index is 13.8. The van der Waals surface area contributed by atoms with Crippen LogP contribution >= 0.6 is 23.2 Å². The lowest BCUT2D eigenvalue weighted by atomic mass is 10.0. The third kappa shape index (κ3) is 5.14. The predicted molar refractivity (Wildman–Crippen MR) is 141 cm³/mol. The van der Waals surface area contributed by atoms with Crippen LogP contribution in [-0.4, -0.2) is 67.8 Å². The van der Waals surface area contributed by atoms with Crippen LogP contribution < -0.4 is 4.90 Å². The number of para-hydroxylation sites is 1. The molecule has 9 nitrogen and oxygen atoms in total. The summed E-state index contributed by atoms with van der Waals surface area (Å²) in [5.74, 6) is -0.811. The lowest BCUT2D eigenvalue weighted by molar-refractivity contribution is -0.136. The normalized spacial score (nSPS) is 13.6. The number of carbonyl (C=O) groups is 2. The lowest BCUT2D eigenvalue weighted by Gasteiger charge is -2.34. The Hall–Kier alpha value is -3.95. The molecular formula is C26H22Cl2N6O3. The van der Waals surface area contributed by atoms with E-state index in [4.69, 9.17) is 23.2 Å². The summed E-state index contributed by atoms with van der Waals surface area (Å²) in [5.41, 5.74) is 2.07. The number of hydrogen-bond donors (Lipinski definition) is 1. The van der Waals surface area contributed by atoms with Crippen molar-refractivity contribution in [3.63, 3.8) is 0 Å². The highest BCUT2D eigenvalue weighted by Crippen LogP contribution is 2.33. The molecule has 2 aromatic heterocycles. The van der Waals surface area contributed by atoms with Crippen LogP contribution in [0.1, 0.15) is 16.1 Å². The molecule has 0 saturated carbocycles. The van der Waals surface area contributed by atoms with E-state index in [0.29, 0.717) is 64.7 Å². The molecule has 0 radical (unpaired) electrons. The molecule has 5 rings (SSSR count). The van der Waals surface area contributed by atoms with Crippen LogP contribution in [0.2, 0.25) is 10.0 Å². The number of carboxylic acids is 1. The van der Waals surface area contributed by atoms with Crippen molar-refractivity contribution in [1.29, 1.82) is 0 Å². The Morgan fingerprint density at radius 2 is 1.57 bits per heavy atom. The Kier molecular flexibility index (Phi) is 7.07. The number of piperazine rings is 1. The van der Waals surface area contributed by atoms with Crippen LogP contribution in [-0.2, 0) is 11.2 Å². The lowest BCUT2D eigenvalue weighted by Crippen LogP contribution is -2.49. The standard InChI is InChI=1S/C26H22Cl2N6O3/c27-18-8-6-17(7-9-18)24-19(16-22(35)36)23(31-34(24)21-5-2-1-4-20(21)28)25(37)32-12-14-33(15-13-32)26-29-10-3-11-30-26/h1-11H,12-16H2,(H,35,36). The predicted octanol–water partition coefficient (Wildman–Crippen LogP) is 4.23. The van der Waals surface area contributed by atoms with E-state index in [-0.39, 0.29) is 18.0 Å². The molecule has 1 N–H and O–H groups in total. The summed E-state index contributed by atoms with van der Waals surface area (Å²) in [4.78, 5) is 38.0. The highest BCUT2D eigenvalue weighted by molar-refractivity contribution is 6.32. The fourth-order valence-corrected chi connectivity index (χ4v) is 4.70. The first kappa shape index (κ1) is 24.7. The number of aromatic nitrogens is 4. The molecule has 1 amide bonds. The Morgan fingerprint density at radius 1 is 0.892 bits per heavy atom. The minimum Gasteiger partial charge on any atom is -0.481 e. The van der Waals surface area contributed by atoms with Gasteiger partial charge in [0.25, 0.3) is 5.91 Å². The molecule has 0 spiro atoms. The van der Waals surface area contributed by atoms with Crippen molar-refractivity contribution in [3.05, 3.63) is 88.3 Å². The zero-order chi connectivity index (χ0) is 25.9. The van der Waals surface area contributed by atoms with Gasteiger partial charge in [-0.15, -0.1) is 0 Å². The average Bonchev–Trinajstić information content (AvgIpc) is 3.27. The second-order valence-corrected chi connectivity index (χ2v) is 9.29. The van der Waals surface area contributed by atoms with Crippen LogP contribution in [0.4, 0.5) is 5.95 Å². The van der Waals surface area contributed by atoms with Crippen molar-refractivity contribution in [2.45, 2.75) is 6.42 Å². The third-order valence-electron chi connectivity index (χ3n) is 6.11. The summed E-state index contributed by atoms with van der Waals surface area (Å²) < 4.78 is 1.55. The number of benzene rings is 2. The van der Waals surface area contributed by atoms with E-state index in [1.807, 2.05) is 4.90 Å². The molecule has 1 fully saturated rings. The first-order chi connectivity index (χ1) is 17.9. The fraction of sp³-hybridized carbons (Fsp3) is 0.192. The van der Waals surface area contributed by atoms with E-state index >= 15 is 0 Å². The number of rotatable bonds is 6. The van der Waals surface area contributed by atoms with Gasteiger partial charge in [-0.3, -0.25) is 9.59 Å². The molecule has 1 aliphatic rings. The SMILES string of the molecule is O=C(O)Cc1c(C(=O)N2CCN(c3ncccn3)CC2)nn(-c2ccccc2Cl)c1-c1ccc(Cl)cc1. The highest BCUT2D eigenvalue weighted by atomic mass is 35.5. The molecule has 0 atom stereocenters. The summed E-state index contributed by atoms with van der Waals surface area (Å²) in [6.45, 7) is 1.91. The van der Waals surface area contributed by atoms with Gasteiger partial charge in [-0.05, 0) is 30.3 Å². The molecule has 11 heteroatoms. The van der Waals surface area contributed by atoms with Gasteiger partial charge < -0.3 is 14.9 Å². The van der Waals surface area contributed by atoms with Crippen molar-refractivity contribution in [1.82, 2.24) is 24.6 Å². The van der Waals surface area contributed by atoms with Crippen molar-refractivity contribution in [2.24, 2.45) is 0 Å². The van der Waals surface area contributed by atoms with Gasteiger partial charge >= 0.3 is 5.97 Å². The monoisotopic (exact) mass is 536 g/mol. The molecule has 3 heterocycles. The summed E-state index contributed by atoms with van der Waals surface area (Å²) >= 11 is 12.6. The first-order valence-electron chi connectivity index (χ1n) is 11.6. The van der Waals surface area contributed by atoms with Crippen LogP contribution in [0.25, 0.3) is 16.9 Å². The van der Waals surface area contributed by atoms with E-state index in [2.05, 4.69) is 15.1 Å². The van der Waals surface area contributed by atoms with Gasteiger partial charge in [-0.25, -0.2) is 14.6 Å². The van der Waals surface area contributed by atoms with Crippen molar-refractivity contribution >= 4 is 41.0 Å². The Bertz CT molecular complexity index is 1430. The maximum Gasteiger partial charge on any atom is 0.307 e. The molecule has 1 saturated heterocycles. The second kappa shape index (κ2) is 10.6. The number of hydrogen-bond acceptors (Lipinski definition) is 6. The maximum absolute atomic E-state index is 13.8. The summed E-state index contributed by atoms with van der Waals surface area (Å²) in [5, 5.41) is 15.4. The zero-order valence-electron chi connectivity index (χ0n) is 19.6. The van der Waals surface area contributed by atoms with Crippen LogP contribution in [0, 0.1) is 0 Å². The first-order valence-corrected chi connectivity index (χ1v) is 12.3. The van der Waals surface area contributed by atoms with Gasteiger partial charge in [0, 0.05) is 54.7 Å². The quantitative estimate of drug-likeness (QED) is 0.393. The van der Waals surface area contributed by atoms with Crippen LogP contribution in [0.5, 0.6) is 0 Å². The minimum absolute atomic E-state index is 0.0803. The smallest absolute Gasteiger partial charge is 0.307 e. The van der Waals surface area contributed by atoms with E-state index in [0.717, 1.165) is 0 Å². The highest BCUT2D eigenvalue weighted by Gasteiger charge is 2.31. The molecule has 0 bridgehead atoms. The van der Waals surface area contributed by atoms with Gasteiger partial charge in [0.05, 0.1) is 22.8 Å². The summed E-state index contributed by atoms with van der Waals surface area (Å²) in [6, 6.07) is 15.8. The van der Waals surface area contributed by atoms with Gasteiger partial charge in [0.2, 0.25) is 5.95 Å². The molecule has 0 aliphatic carbocycles. The molecule has 37 heavy (non-hydrogen) atoms. The van der Waals surface area contributed by atoms with Crippen molar-refractivity contribution < 1.29 is 14.7 Å². The third-order valence-corrected chi connectivity index (χ3v) is 6.69. The van der Waals surface area contributed by atoms with E-state index in [9.17, 15) is 14.7 Å². The minimum atomic E-state index is -1.07. The Morgan fingerprint density at radius 3 is 2.22 bits per heavy atom. The fourth-order valence-electron chi connectivity index (χ4n) is 4.36. The van der Waals surface area contributed by atoms with Gasteiger partial charge in [-0.2, -0.15) is 5.10 Å². The van der Waals surface area contributed by atoms with Crippen LogP contribution in [0.15, 0.2) is 67.0 Å². The number of aliphatic carboxylic acids is 1. The Balaban J connectivity index is 1.56. The molecular weight excluding hydrogens is 515 g/mol. The van der Waals surface area contributed by atoms with E-state index < -0.39 is 5.97 Å². The van der Waals surface area contributed by atoms with Gasteiger partial charge in [-0.1, -0.05) is 47.5 Å². The van der Waals surface area contributed by atoms with Gasteiger partial charge in [0.15, 0.2) is 5.69 Å². The summed E-state index contributed by atoms with van der Waals surface area (Å²) in [6.07, 6.45) is 2.97. The molecule has 0 unspecified atom stereocenters. The largest absolute Gasteiger partial charge is 0.481 e. The van der Waals surface area contributed by atoms with Crippen molar-refractivity contribution in [3.8, 4) is 16.9 Å². The Labute approximate surface area is 222 Å². The molecule has 1 aliphatic heterocycles. The second-order valence-electron chi connectivity index (χ2n) is 8.44. The molecule has 2 aromatic carbocycles. The van der Waals surface area contributed by atoms with Gasteiger partial charge in [0.1, 0.15) is 0 Å². The number of carboxylic acid groups (broad SMARTS) is 1. The van der Waals surface area contributed by atoms with E-state index in [1.165, 1.54) is 0 Å². The van der Waals surface area contributed by atoms with E-state index in [1.54, 1.807) is 76.6 Å².